The minimum absolute atomic E-state index is 0.0329. The second-order valence-electron chi connectivity index (χ2n) is 5.81. The maximum Gasteiger partial charge on any atom is 0.362 e. The number of aromatic nitrogens is 4. The molecule has 0 aliphatic rings. The summed E-state index contributed by atoms with van der Waals surface area (Å²) in [5, 5.41) is 12.8. The van der Waals surface area contributed by atoms with Crippen molar-refractivity contribution in [3.8, 4) is 11.1 Å². The molecule has 3 aromatic rings. The summed E-state index contributed by atoms with van der Waals surface area (Å²) < 4.78 is 7.42. The fraction of sp³-hybridized carbons (Fsp3) is 0.294. The third-order valence-electron chi connectivity index (χ3n) is 3.75. The van der Waals surface area contributed by atoms with Gasteiger partial charge in [-0.05, 0) is 30.5 Å². The predicted molar refractivity (Wildman–Crippen MR) is 98.4 cm³/mol. The normalized spacial score (nSPS) is 11.2. The van der Waals surface area contributed by atoms with Crippen molar-refractivity contribution in [2.24, 2.45) is 0 Å². The molecule has 3 rings (SSSR count). The number of hydrogen-bond donors (Lipinski definition) is 1. The number of nitrogens with two attached hydrogens (primary N) is 1. The summed E-state index contributed by atoms with van der Waals surface area (Å²) in [5.41, 5.74) is 9.26. The van der Waals surface area contributed by atoms with Gasteiger partial charge < -0.3 is 10.5 Å². The first kappa shape index (κ1) is 17.3. The van der Waals surface area contributed by atoms with Crippen LogP contribution in [0.5, 0.6) is 0 Å². The number of halogens is 1. The van der Waals surface area contributed by atoms with E-state index >= 15 is 0 Å². The maximum absolute atomic E-state index is 12.0. The Kier molecular flexibility index (Phi) is 4.71. The van der Waals surface area contributed by atoms with E-state index in [9.17, 15) is 4.79 Å². The molecule has 2 aromatic heterocycles. The Hall–Kier alpha value is -2.48. The molecule has 0 radical (unpaired) electrons. The monoisotopic (exact) mass is 403 g/mol. The Morgan fingerprint density at radius 2 is 1.96 bits per heavy atom. The van der Waals surface area contributed by atoms with Crippen LogP contribution in [0.4, 0.5) is 5.82 Å². The minimum Gasteiger partial charge on any atom is -0.461 e. The van der Waals surface area contributed by atoms with Crippen LogP contribution < -0.4 is 5.73 Å². The van der Waals surface area contributed by atoms with E-state index in [1.54, 1.807) is 6.92 Å². The Balaban J connectivity index is 2.26. The second kappa shape index (κ2) is 6.79. The van der Waals surface area contributed by atoms with Gasteiger partial charge in [0.2, 0.25) is 5.69 Å². The third kappa shape index (κ3) is 3.09. The summed E-state index contributed by atoms with van der Waals surface area (Å²) in [5.74, 6) is -0.347. The van der Waals surface area contributed by atoms with Gasteiger partial charge in [0.25, 0.3) is 0 Å². The minimum atomic E-state index is -0.610. The van der Waals surface area contributed by atoms with Crippen LogP contribution >= 0.6 is 15.9 Å². The largest absolute Gasteiger partial charge is 0.461 e. The lowest BCUT2D eigenvalue weighted by Gasteiger charge is -2.06. The Bertz CT molecular complexity index is 934. The maximum atomic E-state index is 12.0. The molecule has 0 aliphatic carbocycles. The topological polar surface area (TPSA) is 95.4 Å². The molecule has 0 spiro atoms. The Morgan fingerprint density at radius 3 is 2.56 bits per heavy atom. The van der Waals surface area contributed by atoms with Crippen molar-refractivity contribution >= 4 is 33.4 Å². The molecular formula is C17H18BrN5O2. The highest BCUT2D eigenvalue weighted by Crippen LogP contribution is 2.33. The lowest BCUT2D eigenvalue weighted by atomic mass is 10.00. The quantitative estimate of drug-likeness (QED) is 0.670. The number of benzene rings is 1. The number of esters is 1. The van der Waals surface area contributed by atoms with Crippen LogP contribution in [-0.2, 0) is 4.74 Å². The van der Waals surface area contributed by atoms with Crippen molar-refractivity contribution in [2.75, 3.05) is 12.3 Å². The number of anilines is 1. The fourth-order valence-corrected chi connectivity index (χ4v) is 2.84. The lowest BCUT2D eigenvalue weighted by molar-refractivity contribution is 0.0519. The molecule has 0 atom stereocenters. The van der Waals surface area contributed by atoms with Crippen LogP contribution in [0.25, 0.3) is 16.8 Å². The summed E-state index contributed by atoms with van der Waals surface area (Å²) in [4.78, 5) is 12.0. The Morgan fingerprint density at radius 1 is 1.28 bits per heavy atom. The number of hydrogen-bond acceptors (Lipinski definition) is 6. The highest BCUT2D eigenvalue weighted by molar-refractivity contribution is 9.10. The van der Waals surface area contributed by atoms with Crippen LogP contribution in [0, 0.1) is 0 Å². The molecule has 0 saturated heterocycles. The smallest absolute Gasteiger partial charge is 0.362 e. The van der Waals surface area contributed by atoms with Gasteiger partial charge in [0.05, 0.1) is 17.9 Å². The van der Waals surface area contributed by atoms with Crippen molar-refractivity contribution in [1.29, 1.82) is 0 Å². The van der Waals surface area contributed by atoms with Crippen molar-refractivity contribution in [1.82, 2.24) is 19.8 Å². The van der Waals surface area contributed by atoms with Gasteiger partial charge in [0, 0.05) is 4.47 Å². The zero-order chi connectivity index (χ0) is 18.1. The number of carbonyl (C=O) groups is 1. The van der Waals surface area contributed by atoms with Crippen molar-refractivity contribution < 1.29 is 9.53 Å². The van der Waals surface area contributed by atoms with Gasteiger partial charge >= 0.3 is 5.97 Å². The van der Waals surface area contributed by atoms with Gasteiger partial charge in [-0.25, -0.2) is 4.79 Å². The molecule has 2 N–H and O–H groups in total. The molecule has 130 valence electrons. The summed E-state index contributed by atoms with van der Waals surface area (Å²) in [6.45, 7) is 6.04. The first-order chi connectivity index (χ1) is 11.9. The molecule has 1 aromatic carbocycles. The summed E-state index contributed by atoms with van der Waals surface area (Å²) in [6, 6.07) is 7.85. The van der Waals surface area contributed by atoms with E-state index < -0.39 is 5.97 Å². The zero-order valence-electron chi connectivity index (χ0n) is 14.2. The van der Waals surface area contributed by atoms with E-state index in [0.717, 1.165) is 21.3 Å². The number of fused-ring (bicyclic) bond motifs is 1. The van der Waals surface area contributed by atoms with Gasteiger partial charge in [-0.3, -0.25) is 0 Å². The SMILES string of the molecule is CCOC(=O)c1nnc2c(-c3ccc(Br)cc3)c(C(C)C)nn2c1N. The fourth-order valence-electron chi connectivity index (χ4n) is 2.58. The number of nitrogens with zero attached hydrogens (tertiary/aromatic N) is 4. The van der Waals surface area contributed by atoms with Crippen LogP contribution in [0.3, 0.4) is 0 Å². The van der Waals surface area contributed by atoms with Crippen LogP contribution in [0.2, 0.25) is 0 Å². The summed E-state index contributed by atoms with van der Waals surface area (Å²) in [7, 11) is 0. The van der Waals surface area contributed by atoms with E-state index in [0.29, 0.717) is 5.65 Å². The molecule has 0 saturated carbocycles. The molecule has 0 bridgehead atoms. The van der Waals surface area contributed by atoms with E-state index in [1.165, 1.54) is 4.52 Å². The van der Waals surface area contributed by atoms with Crippen molar-refractivity contribution in [3.63, 3.8) is 0 Å². The van der Waals surface area contributed by atoms with Gasteiger partial charge in [-0.15, -0.1) is 10.2 Å². The van der Waals surface area contributed by atoms with E-state index in [2.05, 4.69) is 31.2 Å². The highest BCUT2D eigenvalue weighted by Gasteiger charge is 2.24. The van der Waals surface area contributed by atoms with Gasteiger partial charge in [0.1, 0.15) is 0 Å². The molecule has 0 amide bonds. The van der Waals surface area contributed by atoms with Crippen molar-refractivity contribution in [2.45, 2.75) is 26.7 Å². The number of rotatable bonds is 4. The zero-order valence-corrected chi connectivity index (χ0v) is 15.7. The first-order valence-corrected chi connectivity index (χ1v) is 8.71. The van der Waals surface area contributed by atoms with Gasteiger partial charge in [0.15, 0.2) is 11.5 Å². The third-order valence-corrected chi connectivity index (χ3v) is 4.28. The molecular weight excluding hydrogens is 386 g/mol. The number of carbonyl (C=O) groups excluding carboxylic acids is 1. The average Bonchev–Trinajstić information content (AvgIpc) is 2.97. The van der Waals surface area contributed by atoms with E-state index in [-0.39, 0.29) is 24.0 Å². The second-order valence-corrected chi connectivity index (χ2v) is 6.73. The first-order valence-electron chi connectivity index (χ1n) is 7.91. The average molecular weight is 404 g/mol. The van der Waals surface area contributed by atoms with Crippen molar-refractivity contribution in [3.05, 3.63) is 40.1 Å². The Labute approximate surface area is 153 Å². The molecule has 7 nitrogen and oxygen atoms in total. The summed E-state index contributed by atoms with van der Waals surface area (Å²) >= 11 is 3.44. The van der Waals surface area contributed by atoms with E-state index in [1.807, 2.05) is 38.1 Å². The summed E-state index contributed by atoms with van der Waals surface area (Å²) in [6.07, 6.45) is 0. The van der Waals surface area contributed by atoms with E-state index in [4.69, 9.17) is 10.5 Å². The van der Waals surface area contributed by atoms with Crippen LogP contribution in [-0.4, -0.2) is 32.4 Å². The molecule has 2 heterocycles. The number of nitrogen functional groups attached to an aromatic ring is 1. The van der Waals surface area contributed by atoms with Gasteiger partial charge in [-0.1, -0.05) is 41.9 Å². The van der Waals surface area contributed by atoms with Gasteiger partial charge in [-0.2, -0.15) is 9.61 Å². The molecule has 25 heavy (non-hydrogen) atoms. The molecule has 8 heteroatoms. The molecule has 0 fully saturated rings. The van der Waals surface area contributed by atoms with Crippen LogP contribution in [0.15, 0.2) is 28.7 Å². The van der Waals surface area contributed by atoms with Crippen LogP contribution in [0.1, 0.15) is 42.9 Å². The number of ether oxygens (including phenoxy) is 1. The standard InChI is InChI=1S/C17H18BrN5O2/c1-4-25-17(24)14-15(19)23-16(21-20-14)12(13(22-23)9(2)3)10-5-7-11(18)8-6-10/h5-9H,4,19H2,1-3H3. The highest BCUT2D eigenvalue weighted by atomic mass is 79.9. The molecule has 0 aliphatic heterocycles. The lowest BCUT2D eigenvalue weighted by Crippen LogP contribution is -2.15. The predicted octanol–water partition coefficient (Wildman–Crippen LogP) is 3.44. The molecule has 0 unspecified atom stereocenters.